The molecule has 7 heteroatoms. The van der Waals surface area contributed by atoms with Crippen LogP contribution in [0.2, 0.25) is 0 Å². The van der Waals surface area contributed by atoms with Crippen LogP contribution in [-0.2, 0) is 13.1 Å². The fourth-order valence-electron chi connectivity index (χ4n) is 4.14. The average Bonchev–Trinajstić information content (AvgIpc) is 3.30. The number of rotatable bonds is 9. The molecule has 0 bridgehead atoms. The van der Waals surface area contributed by atoms with Gasteiger partial charge in [0.25, 0.3) is 0 Å². The molecule has 0 saturated carbocycles. The highest BCUT2D eigenvalue weighted by Gasteiger charge is 2.16. The van der Waals surface area contributed by atoms with Crippen LogP contribution in [0.15, 0.2) is 53.5 Å². The van der Waals surface area contributed by atoms with Crippen molar-refractivity contribution in [3.8, 4) is 11.5 Å². The molecule has 1 fully saturated rings. The van der Waals surface area contributed by atoms with Gasteiger partial charge in [0.1, 0.15) is 0 Å². The zero-order chi connectivity index (χ0) is 22.0. The number of nitrogens with one attached hydrogen (secondary N) is 2. The largest absolute Gasteiger partial charge is 0.454 e. The van der Waals surface area contributed by atoms with E-state index >= 15 is 0 Å². The number of hydrogen-bond donors (Lipinski definition) is 2. The zero-order valence-corrected chi connectivity index (χ0v) is 19.1. The first-order chi connectivity index (χ1) is 15.8. The van der Waals surface area contributed by atoms with Crippen molar-refractivity contribution in [2.75, 3.05) is 53.1 Å². The summed E-state index contributed by atoms with van der Waals surface area (Å²) in [5, 5.41) is 6.79. The average molecular weight is 438 g/mol. The highest BCUT2D eigenvalue weighted by Crippen LogP contribution is 2.32. The maximum absolute atomic E-state index is 5.44. The molecule has 0 aromatic heterocycles. The van der Waals surface area contributed by atoms with E-state index < -0.39 is 0 Å². The molecule has 172 valence electrons. The van der Waals surface area contributed by atoms with E-state index in [2.05, 4.69) is 55.8 Å². The summed E-state index contributed by atoms with van der Waals surface area (Å²) >= 11 is 0. The standard InChI is InChI=1S/C25H35N5O2/c1-26-25(28-18-22-9-10-23-24(17-22)32-20-31-23)27-11-5-6-12-29-13-15-30(16-14-29)19-21-7-3-2-4-8-21/h2-4,7-10,17H,5-6,11-16,18-20H2,1H3,(H2,26,27,28). The SMILES string of the molecule is CN=C(NCCCCN1CCN(Cc2ccccc2)CC1)NCc1ccc2c(c1)OCO2. The second-order valence-electron chi connectivity index (χ2n) is 8.35. The van der Waals surface area contributed by atoms with Crippen LogP contribution < -0.4 is 20.1 Å². The van der Waals surface area contributed by atoms with Gasteiger partial charge in [0.2, 0.25) is 6.79 Å². The molecule has 0 unspecified atom stereocenters. The lowest BCUT2D eigenvalue weighted by Gasteiger charge is -2.34. The topological polar surface area (TPSA) is 61.4 Å². The summed E-state index contributed by atoms with van der Waals surface area (Å²) in [5.41, 5.74) is 2.55. The van der Waals surface area contributed by atoms with Crippen molar-refractivity contribution >= 4 is 5.96 Å². The molecule has 0 atom stereocenters. The molecule has 1 saturated heterocycles. The minimum absolute atomic E-state index is 0.304. The Morgan fingerprint density at radius 3 is 2.47 bits per heavy atom. The number of fused-ring (bicyclic) bond motifs is 1. The van der Waals surface area contributed by atoms with E-state index in [1.807, 2.05) is 25.2 Å². The molecule has 4 rings (SSSR count). The molecule has 2 aromatic carbocycles. The molecule has 7 nitrogen and oxygen atoms in total. The van der Waals surface area contributed by atoms with Gasteiger partial charge in [-0.15, -0.1) is 0 Å². The van der Waals surface area contributed by atoms with Crippen molar-refractivity contribution in [2.45, 2.75) is 25.9 Å². The minimum Gasteiger partial charge on any atom is -0.454 e. The molecule has 0 aliphatic carbocycles. The summed E-state index contributed by atoms with van der Waals surface area (Å²) < 4.78 is 10.8. The molecule has 0 radical (unpaired) electrons. The molecule has 2 heterocycles. The fraction of sp³-hybridized carbons (Fsp3) is 0.480. The summed E-state index contributed by atoms with van der Waals surface area (Å²) in [7, 11) is 1.81. The van der Waals surface area contributed by atoms with Gasteiger partial charge in [-0.2, -0.15) is 0 Å². The molecular weight excluding hydrogens is 402 g/mol. The summed E-state index contributed by atoms with van der Waals surface area (Å²) in [5.74, 6) is 2.46. The van der Waals surface area contributed by atoms with Crippen LogP contribution in [0.3, 0.4) is 0 Å². The number of guanidine groups is 1. The lowest BCUT2D eigenvalue weighted by atomic mass is 10.2. The number of benzene rings is 2. The quantitative estimate of drug-likeness (QED) is 0.357. The molecule has 2 aliphatic heterocycles. The van der Waals surface area contributed by atoms with Crippen LogP contribution in [0.4, 0.5) is 0 Å². The number of nitrogens with zero attached hydrogens (tertiary/aromatic N) is 3. The van der Waals surface area contributed by atoms with Gasteiger partial charge in [0.15, 0.2) is 17.5 Å². The minimum atomic E-state index is 0.304. The summed E-state index contributed by atoms with van der Waals surface area (Å²) in [6.45, 7) is 8.81. The van der Waals surface area contributed by atoms with Gasteiger partial charge in [0, 0.05) is 52.9 Å². The van der Waals surface area contributed by atoms with Crippen molar-refractivity contribution in [1.29, 1.82) is 0 Å². The molecular formula is C25H35N5O2. The van der Waals surface area contributed by atoms with Crippen LogP contribution in [0.5, 0.6) is 11.5 Å². The van der Waals surface area contributed by atoms with E-state index in [0.717, 1.165) is 55.6 Å². The second-order valence-corrected chi connectivity index (χ2v) is 8.35. The van der Waals surface area contributed by atoms with E-state index in [9.17, 15) is 0 Å². The Hall–Kier alpha value is -2.77. The maximum Gasteiger partial charge on any atom is 0.231 e. The Kier molecular flexibility index (Phi) is 8.23. The van der Waals surface area contributed by atoms with Crippen LogP contribution in [-0.4, -0.2) is 68.9 Å². The molecule has 0 spiro atoms. The second kappa shape index (κ2) is 11.7. The number of ether oxygens (including phenoxy) is 2. The predicted molar refractivity (Wildman–Crippen MR) is 128 cm³/mol. The van der Waals surface area contributed by atoms with Gasteiger partial charge >= 0.3 is 0 Å². The van der Waals surface area contributed by atoms with Crippen molar-refractivity contribution in [3.63, 3.8) is 0 Å². The third-order valence-electron chi connectivity index (χ3n) is 6.03. The summed E-state index contributed by atoms with van der Waals surface area (Å²) in [4.78, 5) is 9.48. The highest BCUT2D eigenvalue weighted by atomic mass is 16.7. The number of aliphatic imine (C=N–C) groups is 1. The molecule has 2 aromatic rings. The van der Waals surface area contributed by atoms with Gasteiger partial charge in [-0.1, -0.05) is 36.4 Å². The zero-order valence-electron chi connectivity index (χ0n) is 19.1. The molecule has 2 aliphatic rings. The first kappa shape index (κ1) is 22.4. The van der Waals surface area contributed by atoms with Crippen molar-refractivity contribution in [2.24, 2.45) is 4.99 Å². The van der Waals surface area contributed by atoms with Gasteiger partial charge in [-0.05, 0) is 42.6 Å². The van der Waals surface area contributed by atoms with Crippen molar-refractivity contribution in [3.05, 3.63) is 59.7 Å². The number of unbranched alkanes of at least 4 members (excludes halogenated alkanes) is 1. The first-order valence-electron chi connectivity index (χ1n) is 11.6. The van der Waals surface area contributed by atoms with Crippen molar-refractivity contribution < 1.29 is 9.47 Å². The van der Waals surface area contributed by atoms with Gasteiger partial charge in [0.05, 0.1) is 0 Å². The maximum atomic E-state index is 5.44. The monoisotopic (exact) mass is 437 g/mol. The number of piperazine rings is 1. The Morgan fingerprint density at radius 1 is 0.875 bits per heavy atom. The Morgan fingerprint density at radius 2 is 1.66 bits per heavy atom. The summed E-state index contributed by atoms with van der Waals surface area (Å²) in [6.07, 6.45) is 2.33. The highest BCUT2D eigenvalue weighted by molar-refractivity contribution is 5.79. The van der Waals surface area contributed by atoms with Gasteiger partial charge in [-0.25, -0.2) is 0 Å². The third kappa shape index (κ3) is 6.61. The van der Waals surface area contributed by atoms with E-state index in [1.165, 1.54) is 31.6 Å². The van der Waals surface area contributed by atoms with Gasteiger partial charge in [-0.3, -0.25) is 9.89 Å². The first-order valence-corrected chi connectivity index (χ1v) is 11.6. The lowest BCUT2D eigenvalue weighted by molar-refractivity contribution is 0.126. The molecule has 2 N–H and O–H groups in total. The van der Waals surface area contributed by atoms with Crippen LogP contribution in [0.25, 0.3) is 0 Å². The Balaban J connectivity index is 1.06. The third-order valence-corrected chi connectivity index (χ3v) is 6.03. The van der Waals surface area contributed by atoms with Gasteiger partial charge < -0.3 is 25.0 Å². The van der Waals surface area contributed by atoms with E-state index in [4.69, 9.17) is 9.47 Å². The summed E-state index contributed by atoms with van der Waals surface area (Å²) in [6, 6.07) is 16.8. The number of hydrogen-bond acceptors (Lipinski definition) is 5. The molecule has 0 amide bonds. The Bertz CT molecular complexity index is 866. The van der Waals surface area contributed by atoms with E-state index in [-0.39, 0.29) is 0 Å². The lowest BCUT2D eigenvalue weighted by Crippen LogP contribution is -2.46. The fourth-order valence-corrected chi connectivity index (χ4v) is 4.14. The smallest absolute Gasteiger partial charge is 0.231 e. The predicted octanol–water partition coefficient (Wildman–Crippen LogP) is 2.68. The van der Waals surface area contributed by atoms with Crippen LogP contribution in [0, 0.1) is 0 Å². The van der Waals surface area contributed by atoms with E-state index in [1.54, 1.807) is 0 Å². The van der Waals surface area contributed by atoms with E-state index in [0.29, 0.717) is 13.3 Å². The normalized spacial score (nSPS) is 16.8. The Labute approximate surface area is 191 Å². The van der Waals surface area contributed by atoms with Crippen LogP contribution in [0.1, 0.15) is 24.0 Å². The van der Waals surface area contributed by atoms with Crippen molar-refractivity contribution in [1.82, 2.24) is 20.4 Å². The van der Waals surface area contributed by atoms with Crippen LogP contribution >= 0.6 is 0 Å². The molecule has 32 heavy (non-hydrogen) atoms.